The third-order valence-corrected chi connectivity index (χ3v) is 3.28. The Morgan fingerprint density at radius 1 is 1.32 bits per heavy atom. The maximum absolute atomic E-state index is 8.77. The Labute approximate surface area is 114 Å². The molecule has 1 atom stereocenters. The van der Waals surface area contributed by atoms with E-state index in [2.05, 4.69) is 46.1 Å². The second-order valence-corrected chi connectivity index (χ2v) is 4.69. The highest BCUT2D eigenvalue weighted by atomic mass is 16.3. The molecule has 0 saturated carbocycles. The number of hydrogen-bond acceptors (Lipinski definition) is 3. The Balaban J connectivity index is 2.04. The highest BCUT2D eigenvalue weighted by molar-refractivity contribution is 5.36. The third-order valence-electron chi connectivity index (χ3n) is 3.28. The van der Waals surface area contributed by atoms with Crippen molar-refractivity contribution >= 4 is 0 Å². The van der Waals surface area contributed by atoms with Crippen molar-refractivity contribution in [1.82, 2.24) is 14.9 Å². The van der Waals surface area contributed by atoms with E-state index < -0.39 is 0 Å². The standard InChI is InChI=1S/C15H21N3O/c1-12(16-8-3-11-19)14-4-6-15(7-5-14)18-10-9-17-13(18)2/h4-7,9-10,12,16,19H,3,8,11H2,1-2H3. The van der Waals surface area contributed by atoms with Crippen LogP contribution in [0, 0.1) is 6.92 Å². The Kier molecular flexibility index (Phi) is 4.71. The fraction of sp³-hybridized carbons (Fsp3) is 0.400. The van der Waals surface area contributed by atoms with Crippen molar-refractivity contribution in [1.29, 1.82) is 0 Å². The Bertz CT molecular complexity index is 504. The van der Waals surface area contributed by atoms with E-state index in [9.17, 15) is 0 Å². The molecule has 0 radical (unpaired) electrons. The molecular weight excluding hydrogens is 238 g/mol. The van der Waals surface area contributed by atoms with Crippen LogP contribution in [0.1, 0.15) is 30.8 Å². The zero-order chi connectivity index (χ0) is 13.7. The number of hydrogen-bond donors (Lipinski definition) is 2. The molecule has 1 heterocycles. The van der Waals surface area contributed by atoms with Crippen LogP contribution >= 0.6 is 0 Å². The van der Waals surface area contributed by atoms with Crippen LogP contribution in [-0.2, 0) is 0 Å². The van der Waals surface area contributed by atoms with E-state index in [0.29, 0.717) is 6.04 Å². The van der Waals surface area contributed by atoms with Gasteiger partial charge in [-0.1, -0.05) is 12.1 Å². The van der Waals surface area contributed by atoms with E-state index in [1.165, 1.54) is 5.56 Å². The van der Waals surface area contributed by atoms with Gasteiger partial charge in [0.15, 0.2) is 0 Å². The Morgan fingerprint density at radius 3 is 2.63 bits per heavy atom. The molecule has 1 aromatic carbocycles. The predicted molar refractivity (Wildman–Crippen MR) is 76.4 cm³/mol. The monoisotopic (exact) mass is 259 g/mol. The molecule has 19 heavy (non-hydrogen) atoms. The normalized spacial score (nSPS) is 12.6. The molecule has 2 N–H and O–H groups in total. The van der Waals surface area contributed by atoms with Gasteiger partial charge in [-0.3, -0.25) is 0 Å². The molecule has 2 rings (SSSR count). The van der Waals surface area contributed by atoms with Crippen molar-refractivity contribution in [3.05, 3.63) is 48.0 Å². The first kappa shape index (κ1) is 13.8. The van der Waals surface area contributed by atoms with Crippen LogP contribution in [0.5, 0.6) is 0 Å². The molecule has 0 aliphatic heterocycles. The zero-order valence-electron chi connectivity index (χ0n) is 11.5. The lowest BCUT2D eigenvalue weighted by molar-refractivity contribution is 0.284. The molecular formula is C15H21N3O. The number of imidazole rings is 1. The van der Waals surface area contributed by atoms with Crippen LogP contribution in [0.3, 0.4) is 0 Å². The molecule has 0 amide bonds. The summed E-state index contributed by atoms with van der Waals surface area (Å²) in [5, 5.41) is 12.2. The summed E-state index contributed by atoms with van der Waals surface area (Å²) >= 11 is 0. The molecule has 1 unspecified atom stereocenters. The van der Waals surface area contributed by atoms with Crippen molar-refractivity contribution in [2.24, 2.45) is 0 Å². The van der Waals surface area contributed by atoms with Crippen LogP contribution in [0.2, 0.25) is 0 Å². The Hall–Kier alpha value is -1.65. The number of aliphatic hydroxyl groups excluding tert-OH is 1. The molecule has 4 nitrogen and oxygen atoms in total. The van der Waals surface area contributed by atoms with Gasteiger partial charge >= 0.3 is 0 Å². The minimum Gasteiger partial charge on any atom is -0.396 e. The lowest BCUT2D eigenvalue weighted by Crippen LogP contribution is -2.20. The van der Waals surface area contributed by atoms with Gasteiger partial charge < -0.3 is 15.0 Å². The van der Waals surface area contributed by atoms with Crippen molar-refractivity contribution in [2.45, 2.75) is 26.3 Å². The quantitative estimate of drug-likeness (QED) is 0.782. The molecule has 0 bridgehead atoms. The summed E-state index contributed by atoms with van der Waals surface area (Å²) in [6.07, 6.45) is 4.56. The van der Waals surface area contributed by atoms with Crippen molar-refractivity contribution in [2.75, 3.05) is 13.2 Å². The number of aromatic nitrogens is 2. The molecule has 0 aliphatic rings. The second kappa shape index (κ2) is 6.50. The van der Waals surface area contributed by atoms with Gasteiger partial charge in [0.2, 0.25) is 0 Å². The van der Waals surface area contributed by atoms with Gasteiger partial charge in [0.25, 0.3) is 0 Å². The summed E-state index contributed by atoms with van der Waals surface area (Å²) in [5.74, 6) is 0.988. The first-order valence-electron chi connectivity index (χ1n) is 6.67. The largest absolute Gasteiger partial charge is 0.396 e. The van der Waals surface area contributed by atoms with E-state index in [1.54, 1.807) is 0 Å². The van der Waals surface area contributed by atoms with Gasteiger partial charge in [0, 0.05) is 30.7 Å². The van der Waals surface area contributed by atoms with Gasteiger partial charge in [-0.25, -0.2) is 4.98 Å². The van der Waals surface area contributed by atoms with E-state index >= 15 is 0 Å². The van der Waals surface area contributed by atoms with E-state index in [1.807, 2.05) is 19.3 Å². The van der Waals surface area contributed by atoms with Gasteiger partial charge in [0.1, 0.15) is 5.82 Å². The summed E-state index contributed by atoms with van der Waals surface area (Å²) in [6, 6.07) is 8.77. The smallest absolute Gasteiger partial charge is 0.110 e. The maximum atomic E-state index is 8.77. The molecule has 4 heteroatoms. The van der Waals surface area contributed by atoms with Gasteiger partial charge in [0.05, 0.1) is 0 Å². The van der Waals surface area contributed by atoms with Crippen molar-refractivity contribution < 1.29 is 5.11 Å². The van der Waals surface area contributed by atoms with Crippen LogP contribution in [-0.4, -0.2) is 27.8 Å². The van der Waals surface area contributed by atoms with Crippen LogP contribution in [0.25, 0.3) is 5.69 Å². The number of aliphatic hydroxyl groups is 1. The van der Waals surface area contributed by atoms with Gasteiger partial charge in [-0.2, -0.15) is 0 Å². The first-order valence-corrected chi connectivity index (χ1v) is 6.67. The van der Waals surface area contributed by atoms with Crippen molar-refractivity contribution in [3.63, 3.8) is 0 Å². The molecule has 102 valence electrons. The highest BCUT2D eigenvalue weighted by Crippen LogP contribution is 2.16. The lowest BCUT2D eigenvalue weighted by Gasteiger charge is -2.14. The minimum absolute atomic E-state index is 0.235. The Morgan fingerprint density at radius 2 is 2.05 bits per heavy atom. The highest BCUT2D eigenvalue weighted by Gasteiger charge is 2.05. The molecule has 2 aromatic rings. The number of nitrogens with one attached hydrogen (secondary N) is 1. The van der Waals surface area contributed by atoms with Gasteiger partial charge in [-0.05, 0) is 44.5 Å². The lowest BCUT2D eigenvalue weighted by atomic mass is 10.1. The third kappa shape index (κ3) is 3.43. The number of aryl methyl sites for hydroxylation is 1. The summed E-state index contributed by atoms with van der Waals surface area (Å²) in [6.45, 7) is 5.19. The van der Waals surface area contributed by atoms with Crippen LogP contribution in [0.4, 0.5) is 0 Å². The van der Waals surface area contributed by atoms with Crippen molar-refractivity contribution in [3.8, 4) is 5.69 Å². The zero-order valence-corrected chi connectivity index (χ0v) is 11.5. The predicted octanol–water partition coefficient (Wildman–Crippen LogP) is 2.21. The summed E-state index contributed by atoms with van der Waals surface area (Å²) in [7, 11) is 0. The van der Waals surface area contributed by atoms with Crippen LogP contribution < -0.4 is 5.32 Å². The van der Waals surface area contributed by atoms with E-state index in [0.717, 1.165) is 24.5 Å². The minimum atomic E-state index is 0.235. The van der Waals surface area contributed by atoms with Crippen LogP contribution in [0.15, 0.2) is 36.7 Å². The summed E-state index contributed by atoms with van der Waals surface area (Å²) in [4.78, 5) is 4.23. The average molecular weight is 259 g/mol. The SMILES string of the molecule is Cc1nccn1-c1ccc(C(C)NCCCO)cc1. The molecule has 0 fully saturated rings. The second-order valence-electron chi connectivity index (χ2n) is 4.69. The average Bonchev–Trinajstić information content (AvgIpc) is 2.85. The number of benzene rings is 1. The van der Waals surface area contributed by atoms with Gasteiger partial charge in [-0.15, -0.1) is 0 Å². The first-order chi connectivity index (χ1) is 9.22. The molecule has 0 saturated heterocycles. The fourth-order valence-corrected chi connectivity index (χ4v) is 2.09. The molecule has 1 aromatic heterocycles. The van der Waals surface area contributed by atoms with E-state index in [4.69, 9.17) is 5.11 Å². The van der Waals surface area contributed by atoms with E-state index in [-0.39, 0.29) is 6.61 Å². The molecule has 0 aliphatic carbocycles. The maximum Gasteiger partial charge on any atom is 0.110 e. The molecule has 0 spiro atoms. The fourth-order valence-electron chi connectivity index (χ4n) is 2.09. The number of rotatable bonds is 6. The summed E-state index contributed by atoms with van der Waals surface area (Å²) < 4.78 is 2.06. The summed E-state index contributed by atoms with van der Waals surface area (Å²) in [5.41, 5.74) is 2.38. The number of nitrogens with zero attached hydrogens (tertiary/aromatic N) is 2. The topological polar surface area (TPSA) is 50.1 Å².